The Labute approximate surface area is 150 Å². The van der Waals surface area contributed by atoms with Gasteiger partial charge in [0.25, 0.3) is 5.91 Å². The molecule has 3 N–H and O–H groups in total. The van der Waals surface area contributed by atoms with Crippen molar-refractivity contribution in [2.45, 2.75) is 50.6 Å². The SMILES string of the molecule is CCN1C2CCC1CC(c1cnn3c1[nH]c1cc(F)cc(C(N)=O)c13)C2. The minimum absolute atomic E-state index is 0.154. The lowest BCUT2D eigenvalue weighted by Crippen LogP contribution is -2.41. The minimum Gasteiger partial charge on any atom is -0.366 e. The number of nitrogens with two attached hydrogens (primary N) is 1. The van der Waals surface area contributed by atoms with E-state index in [4.69, 9.17) is 5.73 Å². The molecule has 2 bridgehead atoms. The van der Waals surface area contributed by atoms with Gasteiger partial charge in [-0.15, -0.1) is 0 Å². The van der Waals surface area contributed by atoms with Gasteiger partial charge < -0.3 is 10.7 Å². The quantitative estimate of drug-likeness (QED) is 0.758. The van der Waals surface area contributed by atoms with Crippen molar-refractivity contribution in [2.75, 3.05) is 6.54 Å². The predicted octanol–water partition coefficient (Wildman–Crippen LogP) is 2.78. The van der Waals surface area contributed by atoms with E-state index in [0.717, 1.165) is 30.6 Å². The summed E-state index contributed by atoms with van der Waals surface area (Å²) in [4.78, 5) is 17.7. The maximum atomic E-state index is 13.9. The zero-order valence-corrected chi connectivity index (χ0v) is 14.7. The molecule has 2 fully saturated rings. The van der Waals surface area contributed by atoms with Gasteiger partial charge in [-0.3, -0.25) is 9.69 Å². The zero-order valence-electron chi connectivity index (χ0n) is 14.7. The Hall–Kier alpha value is -2.41. The van der Waals surface area contributed by atoms with Gasteiger partial charge >= 0.3 is 0 Å². The lowest BCUT2D eigenvalue weighted by atomic mass is 9.86. The molecule has 5 rings (SSSR count). The number of carbonyl (C=O) groups is 1. The van der Waals surface area contributed by atoms with Gasteiger partial charge in [-0.1, -0.05) is 6.92 Å². The van der Waals surface area contributed by atoms with Gasteiger partial charge in [0, 0.05) is 17.6 Å². The fourth-order valence-electron chi connectivity index (χ4n) is 5.24. The first kappa shape index (κ1) is 15.8. The first-order valence-electron chi connectivity index (χ1n) is 9.31. The molecular weight excluding hydrogens is 333 g/mol. The number of halogens is 1. The van der Waals surface area contributed by atoms with Crippen molar-refractivity contribution >= 4 is 22.6 Å². The first-order chi connectivity index (χ1) is 12.6. The average Bonchev–Trinajstić information content (AvgIpc) is 3.23. The van der Waals surface area contributed by atoms with Crippen molar-refractivity contribution in [3.63, 3.8) is 0 Å². The van der Waals surface area contributed by atoms with Gasteiger partial charge in [-0.2, -0.15) is 5.10 Å². The van der Waals surface area contributed by atoms with Crippen LogP contribution in [-0.2, 0) is 0 Å². The van der Waals surface area contributed by atoms with E-state index in [-0.39, 0.29) is 5.56 Å². The number of benzene rings is 1. The van der Waals surface area contributed by atoms with Crippen molar-refractivity contribution in [1.82, 2.24) is 19.5 Å². The Kier molecular flexibility index (Phi) is 3.37. The van der Waals surface area contributed by atoms with Gasteiger partial charge in [-0.05, 0) is 50.3 Å². The van der Waals surface area contributed by atoms with Crippen LogP contribution in [0.5, 0.6) is 0 Å². The molecule has 2 aliphatic heterocycles. The normalized spacial score (nSPS) is 26.2. The van der Waals surface area contributed by atoms with Crippen LogP contribution in [0, 0.1) is 5.82 Å². The summed E-state index contributed by atoms with van der Waals surface area (Å²) >= 11 is 0. The summed E-state index contributed by atoms with van der Waals surface area (Å²) < 4.78 is 15.6. The number of primary amides is 1. The molecule has 2 unspecified atom stereocenters. The number of aromatic amines is 1. The number of imidazole rings is 1. The van der Waals surface area contributed by atoms with E-state index in [0.29, 0.717) is 29.0 Å². The molecule has 2 aliphatic rings. The summed E-state index contributed by atoms with van der Waals surface area (Å²) in [5.74, 6) is -0.698. The highest BCUT2D eigenvalue weighted by molar-refractivity contribution is 6.05. The second-order valence-electron chi connectivity index (χ2n) is 7.58. The molecule has 2 atom stereocenters. The third-order valence-electron chi connectivity index (χ3n) is 6.29. The molecule has 2 saturated heterocycles. The summed E-state index contributed by atoms with van der Waals surface area (Å²) in [6.07, 6.45) is 6.67. The summed E-state index contributed by atoms with van der Waals surface area (Å²) in [5.41, 5.74) is 8.72. The number of nitrogens with zero attached hydrogens (tertiary/aromatic N) is 3. The Morgan fingerprint density at radius 3 is 2.73 bits per heavy atom. The van der Waals surface area contributed by atoms with Crippen LogP contribution in [0.25, 0.3) is 16.7 Å². The number of H-pyrrole nitrogens is 1. The number of nitrogens with one attached hydrogen (secondary N) is 1. The van der Waals surface area contributed by atoms with E-state index in [1.165, 1.54) is 25.0 Å². The Morgan fingerprint density at radius 1 is 1.35 bits per heavy atom. The molecule has 136 valence electrons. The van der Waals surface area contributed by atoms with Crippen LogP contribution in [0.2, 0.25) is 0 Å². The lowest BCUT2D eigenvalue weighted by molar-refractivity contribution is 0.100. The van der Waals surface area contributed by atoms with Crippen molar-refractivity contribution in [2.24, 2.45) is 5.73 Å². The fourth-order valence-corrected chi connectivity index (χ4v) is 5.24. The van der Waals surface area contributed by atoms with E-state index < -0.39 is 11.7 Å². The van der Waals surface area contributed by atoms with Crippen LogP contribution in [0.3, 0.4) is 0 Å². The topological polar surface area (TPSA) is 79.4 Å². The van der Waals surface area contributed by atoms with Gasteiger partial charge in [0.15, 0.2) is 0 Å². The van der Waals surface area contributed by atoms with Crippen LogP contribution < -0.4 is 5.73 Å². The van der Waals surface area contributed by atoms with Gasteiger partial charge in [0.2, 0.25) is 0 Å². The van der Waals surface area contributed by atoms with Crippen LogP contribution in [-0.4, -0.2) is 44.0 Å². The van der Waals surface area contributed by atoms with Crippen molar-refractivity contribution in [1.29, 1.82) is 0 Å². The minimum atomic E-state index is -0.651. The maximum absolute atomic E-state index is 13.9. The van der Waals surface area contributed by atoms with Gasteiger partial charge in [0.1, 0.15) is 17.0 Å². The molecule has 0 aliphatic carbocycles. The molecule has 0 spiro atoms. The summed E-state index contributed by atoms with van der Waals surface area (Å²) in [6.45, 7) is 3.35. The van der Waals surface area contributed by atoms with Crippen molar-refractivity contribution < 1.29 is 9.18 Å². The molecule has 4 heterocycles. The molecule has 2 aromatic heterocycles. The monoisotopic (exact) mass is 355 g/mol. The first-order valence-corrected chi connectivity index (χ1v) is 9.31. The van der Waals surface area contributed by atoms with Crippen molar-refractivity contribution in [3.8, 4) is 0 Å². The fraction of sp³-hybridized carbons (Fsp3) is 0.474. The van der Waals surface area contributed by atoms with E-state index in [9.17, 15) is 9.18 Å². The summed E-state index contributed by atoms with van der Waals surface area (Å²) in [5, 5.41) is 4.51. The number of amides is 1. The van der Waals surface area contributed by atoms with E-state index in [1.54, 1.807) is 4.52 Å². The van der Waals surface area contributed by atoms with Gasteiger partial charge in [-0.25, -0.2) is 8.91 Å². The molecular formula is C19H22FN5O. The molecule has 7 heteroatoms. The third kappa shape index (κ3) is 2.13. The molecule has 3 aromatic rings. The highest BCUT2D eigenvalue weighted by Gasteiger charge is 2.41. The Morgan fingerprint density at radius 2 is 2.08 bits per heavy atom. The molecule has 1 amide bonds. The molecule has 6 nitrogen and oxygen atoms in total. The van der Waals surface area contributed by atoms with E-state index >= 15 is 0 Å². The molecule has 1 aromatic carbocycles. The third-order valence-corrected chi connectivity index (χ3v) is 6.29. The Bertz CT molecular complexity index is 1010. The number of hydrogen-bond donors (Lipinski definition) is 2. The molecule has 26 heavy (non-hydrogen) atoms. The molecule has 0 radical (unpaired) electrons. The standard InChI is InChI=1S/C19H22FN5O/c1-2-24-12-3-4-13(24)6-10(5-12)15-9-22-25-17-14(18(21)26)7-11(20)8-16(17)23-19(15)25/h7-10,12-13,23H,2-6H2,1H3,(H2,21,26). The number of hydrogen-bond acceptors (Lipinski definition) is 3. The smallest absolute Gasteiger partial charge is 0.251 e. The lowest BCUT2D eigenvalue weighted by Gasteiger charge is -2.38. The van der Waals surface area contributed by atoms with Crippen LogP contribution in [0.4, 0.5) is 4.39 Å². The number of carbonyl (C=O) groups excluding carboxylic acids is 1. The number of fused-ring (bicyclic) bond motifs is 5. The van der Waals surface area contributed by atoms with Crippen LogP contribution >= 0.6 is 0 Å². The second kappa shape index (κ2) is 5.54. The zero-order chi connectivity index (χ0) is 18.0. The summed E-state index contributed by atoms with van der Waals surface area (Å²) in [7, 11) is 0. The van der Waals surface area contributed by atoms with Crippen LogP contribution in [0.15, 0.2) is 18.3 Å². The van der Waals surface area contributed by atoms with E-state index in [2.05, 4.69) is 21.9 Å². The van der Waals surface area contributed by atoms with Crippen molar-refractivity contribution in [3.05, 3.63) is 35.3 Å². The van der Waals surface area contributed by atoms with Crippen LogP contribution in [0.1, 0.15) is 54.4 Å². The second-order valence-corrected chi connectivity index (χ2v) is 7.58. The average molecular weight is 355 g/mol. The number of piperidine rings is 1. The highest BCUT2D eigenvalue weighted by Crippen LogP contribution is 2.44. The number of aromatic nitrogens is 3. The summed E-state index contributed by atoms with van der Waals surface area (Å²) in [6, 6.07) is 3.85. The highest BCUT2D eigenvalue weighted by atomic mass is 19.1. The predicted molar refractivity (Wildman–Crippen MR) is 96.7 cm³/mol. The Balaban J connectivity index is 1.62. The van der Waals surface area contributed by atoms with Gasteiger partial charge in [0.05, 0.1) is 17.3 Å². The largest absolute Gasteiger partial charge is 0.366 e. The molecule has 0 saturated carbocycles. The van der Waals surface area contributed by atoms with E-state index in [1.807, 2.05) is 6.20 Å². The number of rotatable bonds is 3. The maximum Gasteiger partial charge on any atom is 0.251 e.